The number of nitrogens with zero attached hydrogens (tertiary/aromatic N) is 1. The fourth-order valence-electron chi connectivity index (χ4n) is 1.85. The quantitative estimate of drug-likeness (QED) is 0.769. The Hall–Kier alpha value is -2.76. The first-order valence-corrected chi connectivity index (χ1v) is 7.37. The minimum atomic E-state index is -0.242. The monoisotopic (exact) mass is 315 g/mol. The van der Waals surface area contributed by atoms with Crippen LogP contribution in [0, 0.1) is 6.92 Å². The van der Waals surface area contributed by atoms with Gasteiger partial charge in [0, 0.05) is 18.8 Å². The lowest BCUT2D eigenvalue weighted by atomic mass is 10.2. The molecule has 23 heavy (non-hydrogen) atoms. The number of methoxy groups -OCH3 is 1. The molecular formula is C17H21N3O3. The third kappa shape index (κ3) is 5.86. The lowest BCUT2D eigenvalue weighted by Gasteiger charge is -2.09. The van der Waals surface area contributed by atoms with E-state index in [1.807, 2.05) is 37.3 Å². The molecule has 0 unspecified atom stereocenters. The molecule has 0 bridgehead atoms. The summed E-state index contributed by atoms with van der Waals surface area (Å²) in [7, 11) is 1.56. The molecule has 0 aliphatic rings. The number of rotatable bonds is 7. The maximum atomic E-state index is 11.7. The minimum absolute atomic E-state index is 0.242. The second-order valence-corrected chi connectivity index (χ2v) is 4.98. The number of aryl methyl sites for hydroxylation is 1. The summed E-state index contributed by atoms with van der Waals surface area (Å²) in [6.45, 7) is 3.27. The number of amides is 2. The van der Waals surface area contributed by atoms with Crippen molar-refractivity contribution in [2.45, 2.75) is 13.5 Å². The Bertz CT molecular complexity index is 612. The topological polar surface area (TPSA) is 72.5 Å². The Morgan fingerprint density at radius 2 is 1.91 bits per heavy atom. The molecule has 2 amide bonds. The number of nitrogens with one attached hydrogen (secondary N) is 2. The number of pyridine rings is 1. The van der Waals surface area contributed by atoms with Gasteiger partial charge in [-0.3, -0.25) is 0 Å². The zero-order chi connectivity index (χ0) is 16.5. The van der Waals surface area contributed by atoms with Crippen LogP contribution >= 0.6 is 0 Å². The molecule has 0 aliphatic heterocycles. The van der Waals surface area contributed by atoms with Crippen molar-refractivity contribution < 1.29 is 14.3 Å². The molecule has 0 radical (unpaired) electrons. The van der Waals surface area contributed by atoms with Crippen LogP contribution in [0.1, 0.15) is 11.1 Å². The molecule has 0 spiro atoms. The molecule has 1 heterocycles. The van der Waals surface area contributed by atoms with E-state index in [0.717, 1.165) is 11.3 Å². The molecule has 0 saturated heterocycles. The van der Waals surface area contributed by atoms with Crippen molar-refractivity contribution in [2.75, 3.05) is 20.3 Å². The molecule has 0 atom stereocenters. The molecule has 0 saturated carbocycles. The molecule has 2 aromatic rings. The van der Waals surface area contributed by atoms with E-state index < -0.39 is 0 Å². The summed E-state index contributed by atoms with van der Waals surface area (Å²) < 4.78 is 10.5. The number of hydrogen-bond donors (Lipinski definition) is 2. The lowest BCUT2D eigenvalue weighted by molar-refractivity contribution is 0.236. The number of benzene rings is 1. The van der Waals surface area contributed by atoms with Gasteiger partial charge in [0.25, 0.3) is 0 Å². The fraction of sp³-hybridized carbons (Fsp3) is 0.294. The van der Waals surface area contributed by atoms with Gasteiger partial charge in [0.05, 0.1) is 13.7 Å². The Labute approximate surface area is 135 Å². The maximum Gasteiger partial charge on any atom is 0.315 e. The Morgan fingerprint density at radius 1 is 1.13 bits per heavy atom. The normalized spacial score (nSPS) is 10.0. The van der Waals surface area contributed by atoms with Gasteiger partial charge in [0.1, 0.15) is 12.4 Å². The average molecular weight is 315 g/mol. The average Bonchev–Trinajstić information content (AvgIpc) is 2.59. The van der Waals surface area contributed by atoms with Crippen molar-refractivity contribution >= 4 is 6.03 Å². The van der Waals surface area contributed by atoms with Crippen LogP contribution in [0.2, 0.25) is 0 Å². The van der Waals surface area contributed by atoms with Gasteiger partial charge >= 0.3 is 6.03 Å². The van der Waals surface area contributed by atoms with Gasteiger partial charge in [-0.25, -0.2) is 9.78 Å². The zero-order valence-electron chi connectivity index (χ0n) is 13.3. The van der Waals surface area contributed by atoms with Crippen molar-refractivity contribution in [1.82, 2.24) is 15.6 Å². The first-order valence-electron chi connectivity index (χ1n) is 7.37. The van der Waals surface area contributed by atoms with E-state index >= 15 is 0 Å². The molecule has 122 valence electrons. The number of ether oxygens (including phenoxy) is 2. The molecule has 2 N–H and O–H groups in total. The van der Waals surface area contributed by atoms with Gasteiger partial charge in [0.15, 0.2) is 0 Å². The van der Waals surface area contributed by atoms with Gasteiger partial charge in [-0.05, 0) is 24.6 Å². The van der Waals surface area contributed by atoms with Crippen molar-refractivity contribution in [3.8, 4) is 11.6 Å². The predicted molar refractivity (Wildman–Crippen MR) is 87.7 cm³/mol. The third-order valence-corrected chi connectivity index (χ3v) is 3.14. The van der Waals surface area contributed by atoms with Crippen LogP contribution < -0.4 is 20.1 Å². The summed E-state index contributed by atoms with van der Waals surface area (Å²) in [6, 6.07) is 11.2. The van der Waals surface area contributed by atoms with Gasteiger partial charge in [0.2, 0.25) is 5.88 Å². The Kier molecular flexibility index (Phi) is 6.23. The first-order chi connectivity index (χ1) is 11.2. The molecule has 0 aliphatic carbocycles. The first kappa shape index (κ1) is 16.6. The van der Waals surface area contributed by atoms with Crippen molar-refractivity contribution in [3.63, 3.8) is 0 Å². The fourth-order valence-corrected chi connectivity index (χ4v) is 1.85. The van der Waals surface area contributed by atoms with Gasteiger partial charge in [-0.15, -0.1) is 0 Å². The van der Waals surface area contributed by atoms with Crippen LogP contribution in [-0.2, 0) is 6.54 Å². The molecular weight excluding hydrogens is 294 g/mol. The molecule has 1 aromatic carbocycles. The Balaban J connectivity index is 1.62. The molecule has 6 nitrogen and oxygen atoms in total. The van der Waals surface area contributed by atoms with E-state index in [2.05, 4.69) is 15.6 Å². The number of hydrogen-bond acceptors (Lipinski definition) is 4. The zero-order valence-corrected chi connectivity index (χ0v) is 13.3. The highest BCUT2D eigenvalue weighted by Gasteiger charge is 2.01. The maximum absolute atomic E-state index is 11.7. The highest BCUT2D eigenvalue weighted by molar-refractivity contribution is 5.73. The van der Waals surface area contributed by atoms with Gasteiger partial charge < -0.3 is 20.1 Å². The van der Waals surface area contributed by atoms with E-state index in [1.54, 1.807) is 19.4 Å². The van der Waals surface area contributed by atoms with Crippen LogP contribution in [0.3, 0.4) is 0 Å². The highest BCUT2D eigenvalue weighted by atomic mass is 16.5. The standard InChI is InChI=1S/C17H21N3O3/c1-13-3-6-15(7-4-13)23-10-9-18-17(21)20-12-14-5-8-16(22-2)19-11-14/h3-8,11H,9-10,12H2,1-2H3,(H2,18,20,21). The summed E-state index contributed by atoms with van der Waals surface area (Å²) in [4.78, 5) is 15.7. The van der Waals surface area contributed by atoms with Crippen LogP contribution in [0.25, 0.3) is 0 Å². The summed E-state index contributed by atoms with van der Waals surface area (Å²) in [6.07, 6.45) is 1.67. The highest BCUT2D eigenvalue weighted by Crippen LogP contribution is 2.10. The van der Waals surface area contributed by atoms with E-state index in [0.29, 0.717) is 25.6 Å². The summed E-state index contributed by atoms with van der Waals surface area (Å²) in [5.41, 5.74) is 2.08. The predicted octanol–water partition coefficient (Wildman–Crippen LogP) is 2.28. The molecule has 0 fully saturated rings. The smallest absolute Gasteiger partial charge is 0.315 e. The van der Waals surface area contributed by atoms with E-state index in [9.17, 15) is 4.79 Å². The van der Waals surface area contributed by atoms with Gasteiger partial charge in [-0.1, -0.05) is 23.8 Å². The Morgan fingerprint density at radius 3 is 2.57 bits per heavy atom. The summed E-state index contributed by atoms with van der Waals surface area (Å²) in [5.74, 6) is 1.34. The van der Waals surface area contributed by atoms with Crippen LogP contribution in [0.15, 0.2) is 42.6 Å². The van der Waals surface area contributed by atoms with Crippen LogP contribution in [-0.4, -0.2) is 31.3 Å². The molecule has 1 aromatic heterocycles. The minimum Gasteiger partial charge on any atom is -0.492 e. The van der Waals surface area contributed by atoms with Crippen LogP contribution in [0.4, 0.5) is 4.79 Å². The molecule has 6 heteroatoms. The van der Waals surface area contributed by atoms with Crippen molar-refractivity contribution in [3.05, 3.63) is 53.7 Å². The van der Waals surface area contributed by atoms with Crippen molar-refractivity contribution in [2.24, 2.45) is 0 Å². The molecule has 2 rings (SSSR count). The number of aromatic nitrogens is 1. The SMILES string of the molecule is COc1ccc(CNC(=O)NCCOc2ccc(C)cc2)cn1. The van der Waals surface area contributed by atoms with E-state index in [-0.39, 0.29) is 6.03 Å². The number of carbonyl (C=O) groups excluding carboxylic acids is 1. The third-order valence-electron chi connectivity index (χ3n) is 3.14. The van der Waals surface area contributed by atoms with E-state index in [1.165, 1.54) is 5.56 Å². The second-order valence-electron chi connectivity index (χ2n) is 4.98. The van der Waals surface area contributed by atoms with Crippen molar-refractivity contribution in [1.29, 1.82) is 0 Å². The van der Waals surface area contributed by atoms with Gasteiger partial charge in [-0.2, -0.15) is 0 Å². The lowest BCUT2D eigenvalue weighted by Crippen LogP contribution is -2.37. The summed E-state index contributed by atoms with van der Waals surface area (Å²) in [5, 5.41) is 5.49. The van der Waals surface area contributed by atoms with E-state index in [4.69, 9.17) is 9.47 Å². The largest absolute Gasteiger partial charge is 0.492 e. The second kappa shape index (κ2) is 8.63. The number of carbonyl (C=O) groups is 1. The number of urea groups is 1. The summed E-state index contributed by atoms with van der Waals surface area (Å²) >= 11 is 0. The van der Waals surface area contributed by atoms with Crippen LogP contribution in [0.5, 0.6) is 11.6 Å².